The minimum Gasteiger partial charge on any atom is -0.458 e. The van der Waals surface area contributed by atoms with Crippen molar-refractivity contribution in [1.29, 1.82) is 0 Å². The van der Waals surface area contributed by atoms with E-state index >= 15 is 0 Å². The predicted octanol–water partition coefficient (Wildman–Crippen LogP) is 1.78. The fraction of sp³-hybridized carbons (Fsp3) is 0.600. The molecule has 19 heavy (non-hydrogen) atoms. The number of ether oxygens (including phenoxy) is 1. The van der Waals surface area contributed by atoms with E-state index in [9.17, 15) is 14.7 Å². The third-order valence-corrected chi connectivity index (χ3v) is 4.19. The summed E-state index contributed by atoms with van der Waals surface area (Å²) in [5, 5.41) is 9.97. The van der Waals surface area contributed by atoms with E-state index in [1.54, 1.807) is 13.0 Å². The molecule has 1 aliphatic heterocycles. The molecule has 0 spiro atoms. The molecule has 4 atom stereocenters. The molecular formula is C15H20O4. The smallest absolute Gasteiger partial charge is 0.309 e. The Balaban J connectivity index is 2.30. The molecule has 0 radical (unpaired) electrons. The summed E-state index contributed by atoms with van der Waals surface area (Å²) in [6.07, 6.45) is 2.00. The highest BCUT2D eigenvalue weighted by atomic mass is 16.6. The van der Waals surface area contributed by atoms with Gasteiger partial charge in [-0.25, -0.2) is 0 Å². The van der Waals surface area contributed by atoms with Crippen LogP contribution in [0.3, 0.4) is 0 Å². The van der Waals surface area contributed by atoms with Gasteiger partial charge in [0.2, 0.25) is 0 Å². The van der Waals surface area contributed by atoms with E-state index in [-0.39, 0.29) is 36.1 Å². The van der Waals surface area contributed by atoms with Gasteiger partial charge in [0.25, 0.3) is 0 Å². The first-order valence-corrected chi connectivity index (χ1v) is 6.68. The zero-order valence-electron chi connectivity index (χ0n) is 11.4. The molecule has 0 amide bonds. The van der Waals surface area contributed by atoms with Gasteiger partial charge < -0.3 is 9.84 Å². The number of carbonyl (C=O) groups excluding carboxylic acids is 2. The van der Waals surface area contributed by atoms with Crippen molar-refractivity contribution < 1.29 is 19.4 Å². The summed E-state index contributed by atoms with van der Waals surface area (Å²) in [7, 11) is 0. The van der Waals surface area contributed by atoms with Crippen LogP contribution in [0.15, 0.2) is 23.8 Å². The van der Waals surface area contributed by atoms with Gasteiger partial charge in [-0.1, -0.05) is 13.5 Å². The number of hydrogen-bond acceptors (Lipinski definition) is 4. The van der Waals surface area contributed by atoms with Crippen molar-refractivity contribution in [2.45, 2.75) is 45.3 Å². The molecule has 0 aromatic rings. The van der Waals surface area contributed by atoms with Gasteiger partial charge in [-0.2, -0.15) is 0 Å². The Morgan fingerprint density at radius 1 is 1.42 bits per heavy atom. The predicted molar refractivity (Wildman–Crippen MR) is 70.3 cm³/mol. The van der Waals surface area contributed by atoms with E-state index in [0.29, 0.717) is 24.0 Å². The zero-order valence-corrected chi connectivity index (χ0v) is 11.4. The number of allylic oxidation sites excluding steroid dienone is 1. The van der Waals surface area contributed by atoms with Gasteiger partial charge in [0, 0.05) is 12.3 Å². The summed E-state index contributed by atoms with van der Waals surface area (Å²) in [4.78, 5) is 23.5. The van der Waals surface area contributed by atoms with Crippen LogP contribution in [0, 0.1) is 11.8 Å². The summed E-state index contributed by atoms with van der Waals surface area (Å²) in [6, 6.07) is 0. The highest BCUT2D eigenvalue weighted by Gasteiger charge is 2.41. The van der Waals surface area contributed by atoms with Crippen molar-refractivity contribution >= 4 is 11.8 Å². The van der Waals surface area contributed by atoms with Crippen LogP contribution in [-0.4, -0.2) is 29.1 Å². The van der Waals surface area contributed by atoms with Crippen molar-refractivity contribution in [3.8, 4) is 0 Å². The van der Waals surface area contributed by atoms with Crippen LogP contribution >= 0.6 is 0 Å². The van der Waals surface area contributed by atoms with Gasteiger partial charge in [0.15, 0.2) is 5.78 Å². The zero-order chi connectivity index (χ0) is 14.2. The lowest BCUT2D eigenvalue weighted by Crippen LogP contribution is -2.24. The molecule has 1 aliphatic carbocycles. The number of aliphatic hydroxyl groups is 1. The number of fused-ring (bicyclic) bond motifs is 1. The summed E-state index contributed by atoms with van der Waals surface area (Å²) in [6.45, 7) is 7.39. The molecule has 2 aliphatic rings. The maximum absolute atomic E-state index is 11.8. The molecule has 0 bridgehead atoms. The Bertz CT molecular complexity index is 449. The van der Waals surface area contributed by atoms with Crippen molar-refractivity contribution in [1.82, 2.24) is 0 Å². The molecule has 1 N–H and O–H groups in total. The van der Waals surface area contributed by atoms with Crippen LogP contribution in [0.5, 0.6) is 0 Å². The van der Waals surface area contributed by atoms with Crippen molar-refractivity contribution in [2.75, 3.05) is 0 Å². The highest BCUT2D eigenvalue weighted by molar-refractivity contribution is 5.95. The van der Waals surface area contributed by atoms with Gasteiger partial charge in [0.1, 0.15) is 6.10 Å². The molecular weight excluding hydrogens is 244 g/mol. The number of esters is 1. The average Bonchev–Trinajstić information content (AvgIpc) is 2.61. The lowest BCUT2D eigenvalue weighted by Gasteiger charge is -2.21. The lowest BCUT2D eigenvalue weighted by atomic mass is 9.83. The molecule has 1 heterocycles. The molecule has 4 nitrogen and oxygen atoms in total. The Kier molecular flexibility index (Phi) is 3.90. The summed E-state index contributed by atoms with van der Waals surface area (Å²) < 4.78 is 5.35. The van der Waals surface area contributed by atoms with Crippen LogP contribution < -0.4 is 0 Å². The van der Waals surface area contributed by atoms with Crippen LogP contribution in [0.25, 0.3) is 0 Å². The van der Waals surface area contributed by atoms with E-state index in [1.165, 1.54) is 0 Å². The summed E-state index contributed by atoms with van der Waals surface area (Å²) >= 11 is 0. The lowest BCUT2D eigenvalue weighted by molar-refractivity contribution is -0.142. The van der Waals surface area contributed by atoms with Gasteiger partial charge in [-0.3, -0.25) is 9.59 Å². The van der Waals surface area contributed by atoms with E-state index in [1.807, 2.05) is 6.92 Å². The van der Waals surface area contributed by atoms with Crippen LogP contribution in [0.4, 0.5) is 0 Å². The quantitative estimate of drug-likeness (QED) is 0.411. The Morgan fingerprint density at radius 3 is 2.79 bits per heavy atom. The number of carbonyl (C=O) groups is 2. The van der Waals surface area contributed by atoms with Crippen molar-refractivity contribution in [3.63, 3.8) is 0 Å². The Hall–Kier alpha value is -1.42. The minimum atomic E-state index is -0.822. The number of hydrogen-bond donors (Lipinski definition) is 1. The first-order chi connectivity index (χ1) is 8.90. The maximum Gasteiger partial charge on any atom is 0.309 e. The second-order valence-corrected chi connectivity index (χ2v) is 5.55. The van der Waals surface area contributed by atoms with Crippen LogP contribution in [0.1, 0.15) is 33.1 Å². The van der Waals surface area contributed by atoms with Gasteiger partial charge in [-0.15, -0.1) is 0 Å². The number of rotatable bonds is 0. The fourth-order valence-corrected chi connectivity index (χ4v) is 2.69. The van der Waals surface area contributed by atoms with Crippen LogP contribution in [-0.2, 0) is 14.3 Å². The number of ketones is 1. The Morgan fingerprint density at radius 2 is 2.11 bits per heavy atom. The molecule has 1 saturated heterocycles. The summed E-state index contributed by atoms with van der Waals surface area (Å²) in [5.41, 5.74) is 1.21. The van der Waals surface area contributed by atoms with E-state index in [2.05, 4.69) is 6.58 Å². The SMILES string of the molecule is C=C1CCC2C(C=C(C)C(O)CC1=O)OC(=O)C2C. The van der Waals surface area contributed by atoms with E-state index in [0.717, 1.165) is 0 Å². The highest BCUT2D eigenvalue weighted by Crippen LogP contribution is 2.35. The average molecular weight is 264 g/mol. The molecule has 2 rings (SSSR count). The van der Waals surface area contributed by atoms with Gasteiger partial charge in [0.05, 0.1) is 12.0 Å². The van der Waals surface area contributed by atoms with Crippen molar-refractivity contribution in [2.24, 2.45) is 11.8 Å². The molecule has 0 saturated carbocycles. The third-order valence-electron chi connectivity index (χ3n) is 4.19. The van der Waals surface area contributed by atoms with Gasteiger partial charge in [-0.05, 0) is 37.0 Å². The van der Waals surface area contributed by atoms with E-state index < -0.39 is 6.10 Å². The molecule has 4 heteroatoms. The maximum atomic E-state index is 11.8. The fourth-order valence-electron chi connectivity index (χ4n) is 2.69. The standard InChI is InChI=1S/C15H20O4/c1-8-4-5-11-10(3)15(18)19-14(11)6-9(2)13(17)7-12(8)16/h6,10-11,13-14,17H,1,4-5,7H2,2-3H3. The molecule has 104 valence electrons. The summed E-state index contributed by atoms with van der Waals surface area (Å²) in [5.74, 6) is -0.424. The monoisotopic (exact) mass is 264 g/mol. The first-order valence-electron chi connectivity index (χ1n) is 6.68. The Labute approximate surface area is 113 Å². The molecule has 0 aromatic carbocycles. The number of aliphatic hydroxyl groups excluding tert-OH is 1. The largest absolute Gasteiger partial charge is 0.458 e. The van der Waals surface area contributed by atoms with E-state index in [4.69, 9.17) is 4.74 Å². The second-order valence-electron chi connectivity index (χ2n) is 5.55. The van der Waals surface area contributed by atoms with Gasteiger partial charge >= 0.3 is 5.97 Å². The molecule has 1 fully saturated rings. The topological polar surface area (TPSA) is 63.6 Å². The van der Waals surface area contributed by atoms with Crippen LogP contribution in [0.2, 0.25) is 0 Å². The van der Waals surface area contributed by atoms with Crippen molar-refractivity contribution in [3.05, 3.63) is 23.8 Å². The first kappa shape index (κ1) is 14.0. The normalized spacial score (nSPS) is 36.6. The number of Topliss-reactive ketones (excluding diaryl/α,β-unsaturated/α-hetero) is 1. The molecule has 4 unspecified atom stereocenters. The second kappa shape index (κ2) is 5.29. The molecule has 0 aromatic heterocycles. The minimum absolute atomic E-state index is 0.0531. The third kappa shape index (κ3) is 2.78.